The average Bonchev–Trinajstić information content (AvgIpc) is 3.51. The monoisotopic (exact) mass is 521 g/mol. The SMILES string of the molecule is CN1C(=O)c2c(nn(Cc3ccc(-c4cc(F)ccn4)cc3)c2Nc2ccccc2)N2C1=N[C@@H]1CCCC[C@@H]12. The van der Waals surface area contributed by atoms with Crippen molar-refractivity contribution in [3.8, 4) is 11.3 Å². The van der Waals surface area contributed by atoms with Gasteiger partial charge in [-0.15, -0.1) is 0 Å². The fourth-order valence-electron chi connectivity index (χ4n) is 5.89. The number of pyridine rings is 1. The summed E-state index contributed by atoms with van der Waals surface area (Å²) in [5, 5.41) is 8.52. The van der Waals surface area contributed by atoms with Gasteiger partial charge in [0.15, 0.2) is 5.82 Å². The molecule has 2 aromatic carbocycles. The van der Waals surface area contributed by atoms with E-state index in [1.54, 1.807) is 11.9 Å². The molecule has 8 nitrogen and oxygen atoms in total. The van der Waals surface area contributed by atoms with Crippen molar-refractivity contribution in [3.05, 3.63) is 89.9 Å². The highest BCUT2D eigenvalue weighted by Gasteiger charge is 2.48. The Hall–Kier alpha value is -4.53. The van der Waals surface area contributed by atoms with Crippen LogP contribution in [0.3, 0.4) is 0 Å². The molecule has 9 heteroatoms. The van der Waals surface area contributed by atoms with Gasteiger partial charge in [-0.25, -0.2) is 14.1 Å². The van der Waals surface area contributed by atoms with Crippen molar-refractivity contribution in [2.24, 2.45) is 4.99 Å². The summed E-state index contributed by atoms with van der Waals surface area (Å²) >= 11 is 0. The average molecular weight is 522 g/mol. The molecule has 7 rings (SSSR count). The van der Waals surface area contributed by atoms with E-state index in [0.29, 0.717) is 35.4 Å². The molecule has 0 bridgehead atoms. The van der Waals surface area contributed by atoms with Gasteiger partial charge >= 0.3 is 0 Å². The van der Waals surface area contributed by atoms with Crippen LogP contribution in [0.4, 0.5) is 21.7 Å². The number of aliphatic imine (C=N–C) groups is 1. The topological polar surface area (TPSA) is 78.7 Å². The highest BCUT2D eigenvalue weighted by Crippen LogP contribution is 2.42. The Bertz CT molecular complexity index is 1580. The molecule has 2 atom stereocenters. The van der Waals surface area contributed by atoms with E-state index in [-0.39, 0.29) is 23.8 Å². The summed E-state index contributed by atoms with van der Waals surface area (Å²) in [6, 6.07) is 20.8. The Labute approximate surface area is 225 Å². The van der Waals surface area contributed by atoms with E-state index in [1.165, 1.54) is 18.3 Å². The van der Waals surface area contributed by atoms with E-state index in [4.69, 9.17) is 10.1 Å². The van der Waals surface area contributed by atoms with Crippen molar-refractivity contribution in [3.63, 3.8) is 0 Å². The van der Waals surface area contributed by atoms with Crippen LogP contribution in [0.2, 0.25) is 0 Å². The lowest BCUT2D eigenvalue weighted by Gasteiger charge is -2.36. The number of carbonyl (C=O) groups is 1. The van der Waals surface area contributed by atoms with Gasteiger partial charge in [0.05, 0.1) is 24.3 Å². The number of aromatic nitrogens is 3. The van der Waals surface area contributed by atoms with Gasteiger partial charge in [0, 0.05) is 30.6 Å². The van der Waals surface area contributed by atoms with Crippen molar-refractivity contribution in [2.45, 2.75) is 44.3 Å². The summed E-state index contributed by atoms with van der Waals surface area (Å²) in [6.45, 7) is 0.449. The zero-order chi connectivity index (χ0) is 26.5. The highest BCUT2D eigenvalue weighted by atomic mass is 19.1. The summed E-state index contributed by atoms with van der Waals surface area (Å²) in [5.41, 5.74) is 3.85. The molecule has 0 radical (unpaired) electrons. The molecule has 1 amide bonds. The molecule has 39 heavy (non-hydrogen) atoms. The summed E-state index contributed by atoms with van der Waals surface area (Å²) in [7, 11) is 1.80. The summed E-state index contributed by atoms with van der Waals surface area (Å²) in [5.74, 6) is 1.60. The molecular formula is C30H28FN7O. The van der Waals surface area contributed by atoms with E-state index in [9.17, 15) is 9.18 Å². The largest absolute Gasteiger partial charge is 0.340 e. The van der Waals surface area contributed by atoms with Crippen LogP contribution in [0, 0.1) is 5.82 Å². The molecule has 0 saturated heterocycles. The summed E-state index contributed by atoms with van der Waals surface area (Å²) < 4.78 is 15.6. The molecular weight excluding hydrogens is 493 g/mol. The third-order valence-corrected chi connectivity index (χ3v) is 7.84. The van der Waals surface area contributed by atoms with Gasteiger partial charge in [-0.1, -0.05) is 55.3 Å². The predicted molar refractivity (Wildman–Crippen MR) is 149 cm³/mol. The molecule has 3 aliphatic rings. The first kappa shape index (κ1) is 23.6. The number of halogens is 1. The molecule has 1 fully saturated rings. The minimum Gasteiger partial charge on any atom is -0.340 e. The maximum Gasteiger partial charge on any atom is 0.267 e. The highest BCUT2D eigenvalue weighted by molar-refractivity contribution is 6.21. The molecule has 0 spiro atoms. The number of rotatable bonds is 5. The van der Waals surface area contributed by atoms with Crippen LogP contribution in [0.25, 0.3) is 11.3 Å². The first-order chi connectivity index (χ1) is 19.1. The molecule has 4 heterocycles. The second-order valence-corrected chi connectivity index (χ2v) is 10.3. The van der Waals surface area contributed by atoms with Crippen molar-refractivity contribution in [2.75, 3.05) is 17.3 Å². The van der Waals surface area contributed by atoms with E-state index >= 15 is 0 Å². The van der Waals surface area contributed by atoms with Gasteiger partial charge in [0.25, 0.3) is 5.91 Å². The first-order valence-electron chi connectivity index (χ1n) is 13.4. The van der Waals surface area contributed by atoms with Crippen LogP contribution in [0.15, 0.2) is 77.9 Å². The van der Waals surface area contributed by atoms with Gasteiger partial charge in [-0.05, 0) is 36.6 Å². The first-order valence-corrected chi connectivity index (χ1v) is 13.4. The van der Waals surface area contributed by atoms with Gasteiger partial charge in [0.2, 0.25) is 5.96 Å². The standard InChI is InChI=1S/C30H28FN7O/c1-36-29(39)26-27(33-22-7-3-2-4-8-22)37(35-28(26)38-25-10-6-5-9-23(25)34-30(36)38)18-19-11-13-20(14-12-19)24-17-21(31)15-16-32-24/h2-4,7-8,11-17,23,25,33H,5-6,9-10,18H2,1H3/t23-,25+/m1/s1. The second kappa shape index (κ2) is 9.34. The number of hydrogen-bond acceptors (Lipinski definition) is 6. The number of guanidine groups is 1. The predicted octanol–water partition coefficient (Wildman–Crippen LogP) is 5.45. The van der Waals surface area contributed by atoms with E-state index in [1.807, 2.05) is 59.3 Å². The lowest BCUT2D eigenvalue weighted by Crippen LogP contribution is -2.52. The van der Waals surface area contributed by atoms with E-state index in [2.05, 4.69) is 15.2 Å². The molecule has 196 valence electrons. The molecule has 1 aliphatic carbocycles. The maximum absolute atomic E-state index is 13.8. The van der Waals surface area contributed by atoms with Crippen molar-refractivity contribution >= 4 is 29.2 Å². The molecule has 1 N–H and O–H groups in total. The Morgan fingerprint density at radius 2 is 1.82 bits per heavy atom. The number of nitrogens with one attached hydrogen (secondary N) is 1. The number of nitrogens with zero attached hydrogens (tertiary/aromatic N) is 6. The number of anilines is 3. The van der Waals surface area contributed by atoms with Crippen molar-refractivity contribution in [1.29, 1.82) is 0 Å². The molecule has 2 aromatic heterocycles. The third-order valence-electron chi connectivity index (χ3n) is 7.84. The smallest absolute Gasteiger partial charge is 0.267 e. The zero-order valence-electron chi connectivity index (χ0n) is 21.6. The van der Waals surface area contributed by atoms with Crippen LogP contribution in [0.5, 0.6) is 0 Å². The molecule has 2 aliphatic heterocycles. The zero-order valence-corrected chi connectivity index (χ0v) is 21.6. The fraction of sp³-hybridized carbons (Fsp3) is 0.267. The van der Waals surface area contributed by atoms with Crippen molar-refractivity contribution < 1.29 is 9.18 Å². The quantitative estimate of drug-likeness (QED) is 0.378. The van der Waals surface area contributed by atoms with E-state index in [0.717, 1.165) is 42.5 Å². The molecule has 4 aromatic rings. The number of benzene rings is 2. The van der Waals surface area contributed by atoms with Crippen LogP contribution in [0.1, 0.15) is 41.6 Å². The lowest BCUT2D eigenvalue weighted by molar-refractivity contribution is 0.0866. The maximum atomic E-state index is 13.8. The van der Waals surface area contributed by atoms with Gasteiger partial charge in [-0.2, -0.15) is 5.10 Å². The van der Waals surface area contributed by atoms with E-state index < -0.39 is 0 Å². The van der Waals surface area contributed by atoms with Crippen LogP contribution in [-0.4, -0.2) is 50.7 Å². The molecule has 1 saturated carbocycles. The Morgan fingerprint density at radius 3 is 2.62 bits per heavy atom. The Balaban J connectivity index is 1.29. The number of fused-ring (bicyclic) bond motifs is 5. The van der Waals surface area contributed by atoms with Crippen LogP contribution in [-0.2, 0) is 6.54 Å². The lowest BCUT2D eigenvalue weighted by atomic mass is 9.90. The Morgan fingerprint density at radius 1 is 1.03 bits per heavy atom. The number of hydrogen-bond donors (Lipinski definition) is 1. The summed E-state index contributed by atoms with van der Waals surface area (Å²) in [4.78, 5) is 26.9. The minimum atomic E-state index is -0.317. The van der Waals surface area contributed by atoms with Gasteiger partial charge in [-0.3, -0.25) is 19.6 Å². The number of amides is 1. The minimum absolute atomic E-state index is 0.115. The number of carbonyl (C=O) groups excluding carboxylic acids is 1. The number of para-hydroxylation sites is 1. The van der Waals surface area contributed by atoms with Crippen LogP contribution < -0.4 is 10.2 Å². The normalized spacial score (nSPS) is 19.8. The van der Waals surface area contributed by atoms with Gasteiger partial charge in [0.1, 0.15) is 17.2 Å². The van der Waals surface area contributed by atoms with Gasteiger partial charge < -0.3 is 5.32 Å². The van der Waals surface area contributed by atoms with Crippen molar-refractivity contribution in [1.82, 2.24) is 19.7 Å². The third kappa shape index (κ3) is 4.05. The summed E-state index contributed by atoms with van der Waals surface area (Å²) in [6.07, 6.45) is 5.84. The fourth-order valence-corrected chi connectivity index (χ4v) is 5.89. The molecule has 0 unspecified atom stereocenters. The second-order valence-electron chi connectivity index (χ2n) is 10.3. The Kier molecular flexibility index (Phi) is 5.65. The van der Waals surface area contributed by atoms with Crippen LogP contribution >= 0.6 is 0 Å².